The van der Waals surface area contributed by atoms with Crippen molar-refractivity contribution in [2.45, 2.75) is 50.0 Å². The lowest BCUT2D eigenvalue weighted by Gasteiger charge is -2.23. The second-order valence-electron chi connectivity index (χ2n) is 7.43. The smallest absolute Gasteiger partial charge is 0.345 e. The molecule has 1 aromatic carbocycles. The van der Waals surface area contributed by atoms with E-state index in [0.29, 0.717) is 29.7 Å². The number of hydrogen-bond donors (Lipinski definition) is 2. The largest absolute Gasteiger partial charge is 0.477 e. The summed E-state index contributed by atoms with van der Waals surface area (Å²) in [6, 6.07) is 6.97. The van der Waals surface area contributed by atoms with Crippen LogP contribution < -0.4 is 0 Å². The number of benzene rings is 1. The van der Waals surface area contributed by atoms with Gasteiger partial charge in [-0.25, -0.2) is 13.6 Å². The predicted molar refractivity (Wildman–Crippen MR) is 106 cm³/mol. The van der Waals surface area contributed by atoms with Crippen molar-refractivity contribution in [1.82, 2.24) is 0 Å². The maximum Gasteiger partial charge on any atom is 0.345 e. The first-order chi connectivity index (χ1) is 13.3. The van der Waals surface area contributed by atoms with Gasteiger partial charge < -0.3 is 10.2 Å². The number of alkyl halides is 1. The SMILES string of the molecule is O=C(O)c1ccc(CCC[C@@H]2[C@@H](CCc3cc(F)cc(F)c3)[C@H](O)C[C@@H]2Cl)s1. The van der Waals surface area contributed by atoms with Crippen LogP contribution in [0, 0.1) is 23.5 Å². The van der Waals surface area contributed by atoms with Gasteiger partial charge in [-0.3, -0.25) is 0 Å². The molecule has 28 heavy (non-hydrogen) atoms. The van der Waals surface area contributed by atoms with Crippen molar-refractivity contribution in [3.05, 3.63) is 57.3 Å². The zero-order chi connectivity index (χ0) is 20.3. The van der Waals surface area contributed by atoms with Gasteiger partial charge in [0.05, 0.1) is 6.10 Å². The number of aromatic carboxylic acids is 1. The summed E-state index contributed by atoms with van der Waals surface area (Å²) < 4.78 is 26.8. The Morgan fingerprint density at radius 3 is 2.46 bits per heavy atom. The molecule has 1 fully saturated rings. The van der Waals surface area contributed by atoms with E-state index < -0.39 is 23.7 Å². The molecule has 1 heterocycles. The highest BCUT2D eigenvalue weighted by molar-refractivity contribution is 7.13. The van der Waals surface area contributed by atoms with Gasteiger partial charge in [-0.1, -0.05) is 0 Å². The fourth-order valence-corrected chi connectivity index (χ4v) is 5.55. The quantitative estimate of drug-likeness (QED) is 0.562. The second kappa shape index (κ2) is 9.33. The van der Waals surface area contributed by atoms with E-state index in [1.54, 1.807) is 6.07 Å². The van der Waals surface area contributed by atoms with Crippen molar-refractivity contribution < 1.29 is 23.8 Å². The summed E-state index contributed by atoms with van der Waals surface area (Å²) >= 11 is 7.76. The molecule has 7 heteroatoms. The zero-order valence-electron chi connectivity index (χ0n) is 15.3. The Balaban J connectivity index is 1.56. The molecule has 1 aliphatic rings. The van der Waals surface area contributed by atoms with Crippen molar-refractivity contribution in [1.29, 1.82) is 0 Å². The van der Waals surface area contributed by atoms with E-state index in [9.17, 15) is 18.7 Å². The second-order valence-corrected chi connectivity index (χ2v) is 9.16. The Morgan fingerprint density at radius 1 is 1.11 bits per heavy atom. The van der Waals surface area contributed by atoms with E-state index in [-0.39, 0.29) is 17.2 Å². The van der Waals surface area contributed by atoms with Crippen LogP contribution in [0.5, 0.6) is 0 Å². The number of carboxylic acids is 1. The topological polar surface area (TPSA) is 57.5 Å². The highest BCUT2D eigenvalue weighted by atomic mass is 35.5. The number of rotatable bonds is 8. The molecule has 2 N–H and O–H groups in total. The molecule has 4 atom stereocenters. The molecule has 0 saturated heterocycles. The summed E-state index contributed by atoms with van der Waals surface area (Å²) in [7, 11) is 0. The van der Waals surface area contributed by atoms with Gasteiger partial charge in [0, 0.05) is 16.3 Å². The molecule has 0 radical (unpaired) electrons. The van der Waals surface area contributed by atoms with Crippen LogP contribution in [-0.4, -0.2) is 27.7 Å². The molecular formula is C21H23ClF2O3S. The lowest BCUT2D eigenvalue weighted by atomic mass is 9.85. The van der Waals surface area contributed by atoms with Gasteiger partial charge in [0.25, 0.3) is 0 Å². The van der Waals surface area contributed by atoms with E-state index in [1.165, 1.54) is 23.5 Å². The van der Waals surface area contributed by atoms with E-state index in [4.69, 9.17) is 16.7 Å². The maximum atomic E-state index is 13.4. The zero-order valence-corrected chi connectivity index (χ0v) is 16.9. The molecule has 1 aliphatic carbocycles. The predicted octanol–water partition coefficient (Wildman–Crippen LogP) is 5.28. The van der Waals surface area contributed by atoms with Crippen molar-refractivity contribution in [3.8, 4) is 0 Å². The van der Waals surface area contributed by atoms with Crippen LogP contribution in [0.4, 0.5) is 8.78 Å². The number of carboxylic acid groups (broad SMARTS) is 1. The van der Waals surface area contributed by atoms with E-state index in [1.807, 2.05) is 6.07 Å². The molecule has 2 aromatic rings. The van der Waals surface area contributed by atoms with Crippen LogP contribution in [0.1, 0.15) is 45.8 Å². The van der Waals surface area contributed by atoms with E-state index in [2.05, 4.69) is 0 Å². The molecule has 1 aromatic heterocycles. The van der Waals surface area contributed by atoms with Crippen LogP contribution >= 0.6 is 22.9 Å². The van der Waals surface area contributed by atoms with Crippen molar-refractivity contribution in [3.63, 3.8) is 0 Å². The fraction of sp³-hybridized carbons (Fsp3) is 0.476. The van der Waals surface area contributed by atoms with Gasteiger partial charge in [-0.15, -0.1) is 22.9 Å². The minimum absolute atomic E-state index is 0.00764. The first-order valence-corrected chi connectivity index (χ1v) is 10.7. The third-order valence-electron chi connectivity index (χ3n) is 5.50. The number of aliphatic hydroxyl groups is 1. The Labute approximate surface area is 172 Å². The number of aliphatic hydroxyl groups excluding tert-OH is 1. The minimum atomic E-state index is -0.912. The normalized spacial score (nSPS) is 24.6. The molecule has 0 unspecified atom stereocenters. The van der Waals surface area contributed by atoms with Gasteiger partial charge in [0.15, 0.2) is 0 Å². The molecule has 3 nitrogen and oxygen atoms in total. The van der Waals surface area contributed by atoms with Gasteiger partial charge in [0.1, 0.15) is 16.5 Å². The van der Waals surface area contributed by atoms with Crippen molar-refractivity contribution >= 4 is 28.9 Å². The average molecular weight is 429 g/mol. The number of aryl methyl sites for hydroxylation is 2. The first kappa shape index (κ1) is 21.2. The molecule has 1 saturated carbocycles. The molecule has 3 rings (SSSR count). The monoisotopic (exact) mass is 428 g/mol. The summed E-state index contributed by atoms with van der Waals surface area (Å²) in [5, 5.41) is 19.3. The number of thiophene rings is 1. The summed E-state index contributed by atoms with van der Waals surface area (Å²) in [5.74, 6) is -1.97. The van der Waals surface area contributed by atoms with Crippen LogP contribution in [0.15, 0.2) is 30.3 Å². The van der Waals surface area contributed by atoms with Gasteiger partial charge >= 0.3 is 5.97 Å². The number of hydrogen-bond acceptors (Lipinski definition) is 3. The standard InChI is InChI=1S/C21H23ClF2O3S/c22-18-11-19(25)17(6-4-12-8-13(23)10-14(24)9-12)16(18)3-1-2-15-5-7-20(28-15)21(26)27/h5,7-10,16-19,25H,1-4,6,11H2,(H,26,27)/t16-,17-,18+,19-/m1/s1. The lowest BCUT2D eigenvalue weighted by Crippen LogP contribution is -2.21. The van der Waals surface area contributed by atoms with Gasteiger partial charge in [-0.2, -0.15) is 0 Å². The van der Waals surface area contributed by atoms with Crippen LogP contribution in [0.25, 0.3) is 0 Å². The molecule has 0 spiro atoms. The Bertz CT molecular complexity index is 805. The maximum absolute atomic E-state index is 13.4. The molecule has 0 aliphatic heterocycles. The fourth-order valence-electron chi connectivity index (χ4n) is 4.16. The lowest BCUT2D eigenvalue weighted by molar-refractivity contribution is 0.0702. The average Bonchev–Trinajstić information content (AvgIpc) is 3.18. The number of carbonyl (C=O) groups is 1. The number of halogens is 3. The summed E-state index contributed by atoms with van der Waals surface area (Å²) in [6.45, 7) is 0. The third kappa shape index (κ3) is 5.31. The summed E-state index contributed by atoms with van der Waals surface area (Å²) in [5.41, 5.74) is 0.584. The Kier molecular flexibility index (Phi) is 7.07. The molecule has 0 bridgehead atoms. The highest BCUT2D eigenvalue weighted by Crippen LogP contribution is 2.41. The Hall–Kier alpha value is -1.50. The highest BCUT2D eigenvalue weighted by Gasteiger charge is 2.40. The van der Waals surface area contributed by atoms with Crippen LogP contribution in [0.3, 0.4) is 0 Å². The molecule has 152 valence electrons. The third-order valence-corrected chi connectivity index (χ3v) is 7.13. The summed E-state index contributed by atoms with van der Waals surface area (Å²) in [4.78, 5) is 12.3. The van der Waals surface area contributed by atoms with Crippen LogP contribution in [0.2, 0.25) is 0 Å². The molecular weight excluding hydrogens is 406 g/mol. The first-order valence-electron chi connectivity index (χ1n) is 9.42. The van der Waals surface area contributed by atoms with Crippen LogP contribution in [-0.2, 0) is 12.8 Å². The molecule has 0 amide bonds. The van der Waals surface area contributed by atoms with Gasteiger partial charge in [-0.05, 0) is 80.2 Å². The van der Waals surface area contributed by atoms with Gasteiger partial charge in [0.2, 0.25) is 0 Å². The van der Waals surface area contributed by atoms with E-state index >= 15 is 0 Å². The summed E-state index contributed by atoms with van der Waals surface area (Å²) in [6.07, 6.45) is 3.58. The van der Waals surface area contributed by atoms with Crippen molar-refractivity contribution in [2.75, 3.05) is 0 Å². The van der Waals surface area contributed by atoms with E-state index in [0.717, 1.165) is 30.2 Å². The minimum Gasteiger partial charge on any atom is -0.477 e. The van der Waals surface area contributed by atoms with Crippen molar-refractivity contribution in [2.24, 2.45) is 11.8 Å². The Morgan fingerprint density at radius 2 is 1.82 bits per heavy atom.